The third-order valence-corrected chi connectivity index (χ3v) is 11.6. The maximum Gasteiger partial charge on any atom is 0.348 e. The molecule has 0 saturated heterocycles. The zero-order chi connectivity index (χ0) is 45.9. The summed E-state index contributed by atoms with van der Waals surface area (Å²) in [6, 6.07) is 66.5. The van der Waals surface area contributed by atoms with Crippen molar-refractivity contribution in [3.63, 3.8) is 0 Å². The predicted molar refractivity (Wildman–Crippen MR) is 254 cm³/mol. The molecule has 7 rings (SSSR count). The van der Waals surface area contributed by atoms with Crippen LogP contribution in [0, 0.1) is 0 Å². The van der Waals surface area contributed by atoms with Crippen molar-refractivity contribution in [1.82, 2.24) is 5.06 Å². The molecular weight excluding hydrogens is 850 g/mol. The minimum atomic E-state index is -4.73. The monoisotopic (exact) mass is 903 g/mol. The lowest BCUT2D eigenvalue weighted by Gasteiger charge is -2.42. The Morgan fingerprint density at radius 2 is 0.833 bits per heavy atom. The maximum atomic E-state index is 13.7. The third-order valence-electron chi connectivity index (χ3n) is 11.0. The molecule has 66 heavy (non-hydrogen) atoms. The van der Waals surface area contributed by atoms with E-state index >= 15 is 0 Å². The lowest BCUT2D eigenvalue weighted by atomic mass is 9.80. The zero-order valence-electron chi connectivity index (χ0n) is 36.4. The van der Waals surface area contributed by atoms with Crippen LogP contribution in [0.5, 0.6) is 0 Å². The van der Waals surface area contributed by atoms with Crippen LogP contribution in [0.3, 0.4) is 0 Å². The van der Waals surface area contributed by atoms with Crippen LogP contribution in [0.25, 0.3) is 0 Å². The molecule has 1 unspecified atom stereocenters. The molecule has 0 spiro atoms. The highest BCUT2D eigenvalue weighted by Gasteiger charge is 2.44. The number of hydrogen-bond acceptors (Lipinski definition) is 7. The lowest BCUT2D eigenvalue weighted by Crippen LogP contribution is -2.56. The van der Waals surface area contributed by atoms with Crippen molar-refractivity contribution in [2.24, 2.45) is 0 Å². The highest BCUT2D eigenvalue weighted by Crippen LogP contribution is 2.42. The molecule has 7 aromatic carbocycles. The van der Waals surface area contributed by atoms with E-state index in [9.17, 15) is 19.1 Å². The number of hydroxylamine groups is 2. The molecule has 0 fully saturated rings. The van der Waals surface area contributed by atoms with E-state index in [2.05, 4.69) is 0 Å². The lowest BCUT2D eigenvalue weighted by molar-refractivity contribution is -0.241. The van der Waals surface area contributed by atoms with Gasteiger partial charge in [0, 0.05) is 5.82 Å². The molecule has 338 valence electrons. The third kappa shape index (κ3) is 13.4. The van der Waals surface area contributed by atoms with Gasteiger partial charge in [-0.2, -0.15) is 0 Å². The van der Waals surface area contributed by atoms with Crippen LogP contribution in [0.15, 0.2) is 224 Å². The first-order valence-corrected chi connectivity index (χ1v) is 23.4. The molecule has 0 aliphatic heterocycles. The van der Waals surface area contributed by atoms with E-state index in [1.165, 1.54) is 11.1 Å². The van der Waals surface area contributed by atoms with Gasteiger partial charge in [-0.05, 0) is 45.0 Å². The smallest absolute Gasteiger partial charge is 0.348 e. The van der Waals surface area contributed by atoms with Crippen LogP contribution in [-0.4, -0.2) is 52.2 Å². The summed E-state index contributed by atoms with van der Waals surface area (Å²) in [4.78, 5) is 40.7. The number of ether oxygens (including phenoxy) is 4. The highest BCUT2D eigenvalue weighted by molar-refractivity contribution is 7.55. The van der Waals surface area contributed by atoms with Crippen molar-refractivity contribution in [2.45, 2.75) is 56.4 Å². The number of rotatable bonds is 25. The Morgan fingerprint density at radius 1 is 0.485 bits per heavy atom. The van der Waals surface area contributed by atoms with E-state index in [4.69, 9.17) is 23.8 Å². The van der Waals surface area contributed by atoms with Crippen LogP contribution in [-0.2, 0) is 65.2 Å². The number of amides is 1. The quantitative estimate of drug-likeness (QED) is 0.0250. The first kappa shape index (κ1) is 47.7. The minimum absolute atomic E-state index is 0.0181. The predicted octanol–water partition coefficient (Wildman–Crippen LogP) is 10.4. The van der Waals surface area contributed by atoms with Gasteiger partial charge in [-0.3, -0.25) is 14.2 Å². The van der Waals surface area contributed by atoms with Gasteiger partial charge in [0.05, 0.1) is 26.4 Å². The van der Waals surface area contributed by atoms with E-state index in [0.717, 1.165) is 44.8 Å². The van der Waals surface area contributed by atoms with E-state index in [1.807, 2.05) is 212 Å². The van der Waals surface area contributed by atoms with Crippen molar-refractivity contribution >= 4 is 14.0 Å². The average molecular weight is 904 g/mol. The Bertz CT molecular complexity index is 2440. The van der Waals surface area contributed by atoms with Gasteiger partial charge in [0.1, 0.15) is 36.6 Å². The van der Waals surface area contributed by atoms with Gasteiger partial charge in [-0.25, -0.2) is 5.06 Å². The molecule has 4 atom stereocenters. The number of hydrogen-bond donors (Lipinski definition) is 2. The Kier molecular flexibility index (Phi) is 17.5. The molecule has 0 aromatic heterocycles. The normalized spacial score (nSPS) is 13.7. The van der Waals surface area contributed by atoms with Crippen LogP contribution in [0.2, 0.25) is 0 Å². The fourth-order valence-corrected chi connectivity index (χ4v) is 8.17. The van der Waals surface area contributed by atoms with Crippen molar-refractivity contribution in [3.05, 3.63) is 263 Å². The summed E-state index contributed by atoms with van der Waals surface area (Å²) in [5.74, 6) is 0.815. The number of carbonyl (C=O) groups is 1. The Balaban J connectivity index is 1.41. The molecule has 1 amide bonds. The molecule has 0 saturated carbocycles. The van der Waals surface area contributed by atoms with Gasteiger partial charge in [0.15, 0.2) is 0 Å². The van der Waals surface area contributed by atoms with E-state index in [-0.39, 0.29) is 33.0 Å². The molecule has 10 nitrogen and oxygen atoms in total. The summed E-state index contributed by atoms with van der Waals surface area (Å²) in [5.41, 5.74) is 4.53. The summed E-state index contributed by atoms with van der Waals surface area (Å²) < 4.78 is 40.6. The van der Waals surface area contributed by atoms with Crippen molar-refractivity contribution < 1.29 is 42.9 Å². The summed E-state index contributed by atoms with van der Waals surface area (Å²) in [6.07, 6.45) is -1.55. The van der Waals surface area contributed by atoms with Crippen molar-refractivity contribution in [1.29, 1.82) is 0 Å². The molecule has 11 heteroatoms. The minimum Gasteiger partial charge on any atom is -0.368 e. The summed E-state index contributed by atoms with van der Waals surface area (Å²) in [5, 5.41) is 1.20. The van der Waals surface area contributed by atoms with Gasteiger partial charge < -0.3 is 28.7 Å². The molecule has 2 N–H and O–H groups in total. The van der Waals surface area contributed by atoms with E-state index in [0.29, 0.717) is 6.41 Å². The summed E-state index contributed by atoms with van der Waals surface area (Å²) in [6.45, 7) is -0.0366. The highest BCUT2D eigenvalue weighted by atomic mass is 31.2. The number of nitrogens with zero attached hydrogens (tertiary/aromatic N) is 1. The fourth-order valence-electron chi connectivity index (χ4n) is 7.78. The largest absolute Gasteiger partial charge is 0.368 e. The molecule has 0 radical (unpaired) electrons. The Labute approximate surface area is 386 Å². The van der Waals surface area contributed by atoms with Gasteiger partial charge >= 0.3 is 7.60 Å². The molecular formula is C55H54NO9P. The molecule has 0 heterocycles. The second-order valence-corrected chi connectivity index (χ2v) is 17.1. The number of benzene rings is 7. The fraction of sp³-hybridized carbons (Fsp3) is 0.182. The zero-order valence-corrected chi connectivity index (χ0v) is 37.3. The van der Waals surface area contributed by atoms with Crippen molar-refractivity contribution in [3.8, 4) is 0 Å². The van der Waals surface area contributed by atoms with Crippen molar-refractivity contribution in [2.75, 3.05) is 6.61 Å². The van der Waals surface area contributed by atoms with Crippen LogP contribution >= 0.6 is 7.60 Å². The SMILES string of the molecule is O=CN(OCc1ccccc1)C(COC(c1ccccc1)(c1ccccc1)c1ccccc1)[C@H](OCc1ccccc1)[C@H](OCc1ccccc1)[C@@H](/C=C/P(=O)(O)O)OCc1ccccc1. The Hall–Kier alpha value is -6.30. The van der Waals surface area contributed by atoms with Gasteiger partial charge in [0.2, 0.25) is 6.41 Å². The first-order valence-electron chi connectivity index (χ1n) is 21.7. The standard InChI is InChI=1S/C55H54NO9P/c57-43-56(65-41-47-28-14-4-15-29-47)51(42-64-55(48-30-16-5-17-31-48,49-32-18-6-19-33-49)50-34-20-7-21-35-50)53(62-39-45-24-10-2-11-25-45)54(63-40-46-26-12-3-13-27-46)52(36-37-66(58,59)60)61-38-44-22-8-1-9-23-44/h1-37,43,51-54H,38-42H2,(H2,58,59,60)/b37-36+/t51?,52-,53+,54-/m1/s1. The summed E-state index contributed by atoms with van der Waals surface area (Å²) >= 11 is 0. The topological polar surface area (TPSA) is 124 Å². The van der Waals surface area contributed by atoms with Gasteiger partial charge in [-0.15, -0.1) is 0 Å². The second-order valence-electron chi connectivity index (χ2n) is 15.6. The van der Waals surface area contributed by atoms with Crippen LogP contribution in [0.4, 0.5) is 0 Å². The van der Waals surface area contributed by atoms with E-state index in [1.54, 1.807) is 0 Å². The summed E-state index contributed by atoms with van der Waals surface area (Å²) in [7, 11) is -4.73. The first-order chi connectivity index (χ1) is 32.3. The number of carbonyl (C=O) groups excluding carboxylic acids is 1. The molecule has 0 aliphatic rings. The van der Waals surface area contributed by atoms with Crippen LogP contribution < -0.4 is 0 Å². The second kappa shape index (κ2) is 24.3. The van der Waals surface area contributed by atoms with Crippen LogP contribution in [0.1, 0.15) is 38.9 Å². The van der Waals surface area contributed by atoms with E-state index < -0.39 is 37.6 Å². The average Bonchev–Trinajstić information content (AvgIpc) is 3.37. The molecule has 7 aromatic rings. The molecule has 0 aliphatic carbocycles. The van der Waals surface area contributed by atoms with Gasteiger partial charge in [0.25, 0.3) is 0 Å². The maximum absolute atomic E-state index is 13.7. The Morgan fingerprint density at radius 3 is 1.21 bits per heavy atom. The van der Waals surface area contributed by atoms with Gasteiger partial charge in [-0.1, -0.05) is 212 Å². The molecule has 0 bridgehead atoms.